The molecule has 1 fully saturated rings. The van der Waals surface area contributed by atoms with Crippen molar-refractivity contribution in [2.45, 2.75) is 51.5 Å². The van der Waals surface area contributed by atoms with Crippen LogP contribution in [0.2, 0.25) is 0 Å². The second kappa shape index (κ2) is 7.74. The zero-order valence-corrected chi connectivity index (χ0v) is 14.9. The first-order chi connectivity index (χ1) is 12.5. The van der Waals surface area contributed by atoms with Crippen LogP contribution in [0.3, 0.4) is 0 Å². The first kappa shape index (κ1) is 18.2. The highest BCUT2D eigenvalue weighted by Crippen LogP contribution is 2.29. The molecule has 1 saturated heterocycles. The van der Waals surface area contributed by atoms with Crippen LogP contribution in [-0.2, 0) is 20.9 Å². The predicted molar refractivity (Wildman–Crippen MR) is 97.1 cm³/mol. The highest BCUT2D eigenvalue weighted by molar-refractivity contribution is 5.89. The summed E-state index contributed by atoms with van der Waals surface area (Å²) in [6.07, 6.45) is -0.847. The summed E-state index contributed by atoms with van der Waals surface area (Å²) in [7, 11) is 0. The van der Waals surface area contributed by atoms with E-state index in [-0.39, 0.29) is 12.0 Å². The Bertz CT molecular complexity index is 817. The number of carboxylic acid groups (broad SMARTS) is 1. The molecule has 1 amide bonds. The Kier molecular flexibility index (Phi) is 5.42. The van der Waals surface area contributed by atoms with Crippen LogP contribution in [0.25, 0.3) is 10.8 Å². The minimum atomic E-state index is -1.03. The Balaban J connectivity index is 1.77. The number of carbonyl (C=O) groups is 2. The standard InChI is InChI=1S/C20H23NO5/c1-12(2)25-16-8-7-13-5-3-4-6-14(13)15(16)11-21-19(22)17-9-10-18(26-17)20(23)24/h3-8,12,17-18H,9-11H2,1-2H3,(H,21,22)(H,23,24)/t17-,18+/m0/s1. The molecule has 138 valence electrons. The maximum absolute atomic E-state index is 12.4. The van der Waals surface area contributed by atoms with E-state index in [0.717, 1.165) is 22.1 Å². The van der Waals surface area contributed by atoms with Crippen molar-refractivity contribution in [3.63, 3.8) is 0 Å². The van der Waals surface area contributed by atoms with Crippen LogP contribution in [0.5, 0.6) is 5.75 Å². The molecular formula is C20H23NO5. The molecule has 2 aromatic rings. The molecule has 0 unspecified atom stereocenters. The van der Waals surface area contributed by atoms with Gasteiger partial charge in [-0.1, -0.05) is 30.3 Å². The van der Waals surface area contributed by atoms with Gasteiger partial charge >= 0.3 is 5.97 Å². The molecule has 0 aromatic heterocycles. The first-order valence-corrected chi connectivity index (χ1v) is 8.79. The average molecular weight is 357 g/mol. The highest BCUT2D eigenvalue weighted by Gasteiger charge is 2.34. The Morgan fingerprint density at radius 2 is 1.92 bits per heavy atom. The van der Waals surface area contributed by atoms with Crippen molar-refractivity contribution in [2.75, 3.05) is 0 Å². The molecular weight excluding hydrogens is 334 g/mol. The number of fused-ring (bicyclic) bond motifs is 1. The minimum absolute atomic E-state index is 0.0140. The van der Waals surface area contributed by atoms with Gasteiger partial charge < -0.3 is 19.9 Å². The van der Waals surface area contributed by atoms with Gasteiger partial charge in [-0.05, 0) is 43.5 Å². The van der Waals surface area contributed by atoms with Crippen LogP contribution in [0.4, 0.5) is 0 Å². The minimum Gasteiger partial charge on any atom is -0.491 e. The average Bonchev–Trinajstić information content (AvgIpc) is 3.10. The summed E-state index contributed by atoms with van der Waals surface area (Å²) in [5, 5.41) is 13.9. The van der Waals surface area contributed by atoms with E-state index in [4.69, 9.17) is 14.6 Å². The molecule has 2 aromatic carbocycles. The van der Waals surface area contributed by atoms with Crippen molar-refractivity contribution in [3.05, 3.63) is 42.0 Å². The second-order valence-corrected chi connectivity index (χ2v) is 6.68. The van der Waals surface area contributed by atoms with Crippen molar-refractivity contribution in [2.24, 2.45) is 0 Å². The predicted octanol–water partition coefficient (Wildman–Crippen LogP) is 2.88. The summed E-state index contributed by atoms with van der Waals surface area (Å²) in [5.41, 5.74) is 0.901. The molecule has 0 aliphatic carbocycles. The van der Waals surface area contributed by atoms with Crippen LogP contribution in [-0.4, -0.2) is 35.3 Å². The number of amides is 1. The van der Waals surface area contributed by atoms with E-state index in [2.05, 4.69) is 5.32 Å². The number of aliphatic carboxylic acids is 1. The Labute approximate surface area is 152 Å². The number of carbonyl (C=O) groups excluding carboxylic acids is 1. The molecule has 1 aliphatic rings. The zero-order chi connectivity index (χ0) is 18.7. The number of carboxylic acids is 1. The highest BCUT2D eigenvalue weighted by atomic mass is 16.5. The molecule has 1 aliphatic heterocycles. The third kappa shape index (κ3) is 3.96. The van der Waals surface area contributed by atoms with E-state index in [0.29, 0.717) is 19.4 Å². The molecule has 0 bridgehead atoms. The van der Waals surface area contributed by atoms with Gasteiger partial charge in [-0.25, -0.2) is 4.79 Å². The van der Waals surface area contributed by atoms with Crippen LogP contribution in [0, 0.1) is 0 Å². The molecule has 6 heteroatoms. The summed E-state index contributed by atoms with van der Waals surface area (Å²) in [6.45, 7) is 4.20. The van der Waals surface area contributed by atoms with Gasteiger partial charge in [0, 0.05) is 12.1 Å². The quantitative estimate of drug-likeness (QED) is 0.830. The van der Waals surface area contributed by atoms with Crippen molar-refractivity contribution in [1.82, 2.24) is 5.32 Å². The van der Waals surface area contributed by atoms with E-state index in [9.17, 15) is 9.59 Å². The number of nitrogens with one attached hydrogen (secondary N) is 1. The largest absolute Gasteiger partial charge is 0.491 e. The van der Waals surface area contributed by atoms with E-state index in [1.54, 1.807) is 0 Å². The first-order valence-electron chi connectivity index (χ1n) is 8.79. The normalized spacial score (nSPS) is 19.7. The SMILES string of the molecule is CC(C)Oc1ccc2ccccc2c1CNC(=O)[C@@H]1CC[C@H](C(=O)O)O1. The summed E-state index contributed by atoms with van der Waals surface area (Å²) < 4.78 is 11.2. The molecule has 0 saturated carbocycles. The summed E-state index contributed by atoms with van der Waals surface area (Å²) >= 11 is 0. The van der Waals surface area contributed by atoms with Gasteiger partial charge in [-0.15, -0.1) is 0 Å². The monoisotopic (exact) mass is 357 g/mol. The third-order valence-corrected chi connectivity index (χ3v) is 4.39. The number of hydrogen-bond acceptors (Lipinski definition) is 4. The van der Waals surface area contributed by atoms with Crippen molar-refractivity contribution >= 4 is 22.6 Å². The lowest BCUT2D eigenvalue weighted by Gasteiger charge is -2.18. The second-order valence-electron chi connectivity index (χ2n) is 6.68. The van der Waals surface area contributed by atoms with Gasteiger partial charge in [0.05, 0.1) is 6.10 Å². The molecule has 1 heterocycles. The Hall–Kier alpha value is -2.60. The Morgan fingerprint density at radius 1 is 1.19 bits per heavy atom. The van der Waals surface area contributed by atoms with Crippen molar-refractivity contribution < 1.29 is 24.2 Å². The van der Waals surface area contributed by atoms with Crippen LogP contribution >= 0.6 is 0 Å². The molecule has 3 rings (SSSR count). The maximum Gasteiger partial charge on any atom is 0.332 e. The van der Waals surface area contributed by atoms with Gasteiger partial charge in [0.25, 0.3) is 0 Å². The summed E-state index contributed by atoms with van der Waals surface area (Å²) in [4.78, 5) is 23.4. The summed E-state index contributed by atoms with van der Waals surface area (Å²) in [5.74, 6) is -0.589. The molecule has 0 spiro atoms. The maximum atomic E-state index is 12.4. The number of rotatable bonds is 6. The smallest absolute Gasteiger partial charge is 0.332 e. The van der Waals surface area contributed by atoms with E-state index >= 15 is 0 Å². The number of benzene rings is 2. The molecule has 26 heavy (non-hydrogen) atoms. The fourth-order valence-corrected chi connectivity index (χ4v) is 3.16. The third-order valence-electron chi connectivity index (χ3n) is 4.39. The molecule has 6 nitrogen and oxygen atoms in total. The zero-order valence-electron chi connectivity index (χ0n) is 14.9. The fourth-order valence-electron chi connectivity index (χ4n) is 3.16. The van der Waals surface area contributed by atoms with Gasteiger partial charge in [-0.3, -0.25) is 4.79 Å². The molecule has 0 radical (unpaired) electrons. The number of hydrogen-bond donors (Lipinski definition) is 2. The fraction of sp³-hybridized carbons (Fsp3) is 0.400. The summed E-state index contributed by atoms with van der Waals surface area (Å²) in [6, 6.07) is 11.8. The van der Waals surface area contributed by atoms with Gasteiger partial charge in [0.1, 0.15) is 11.9 Å². The van der Waals surface area contributed by atoms with E-state index < -0.39 is 18.2 Å². The topological polar surface area (TPSA) is 84.9 Å². The van der Waals surface area contributed by atoms with Crippen LogP contribution in [0.1, 0.15) is 32.3 Å². The number of ether oxygens (including phenoxy) is 2. The van der Waals surface area contributed by atoms with Crippen LogP contribution < -0.4 is 10.1 Å². The lowest BCUT2D eigenvalue weighted by atomic mass is 10.0. The van der Waals surface area contributed by atoms with E-state index in [1.165, 1.54) is 0 Å². The van der Waals surface area contributed by atoms with Crippen LogP contribution in [0.15, 0.2) is 36.4 Å². The lowest BCUT2D eigenvalue weighted by molar-refractivity contribution is -0.151. The molecule has 2 N–H and O–H groups in total. The lowest BCUT2D eigenvalue weighted by Crippen LogP contribution is -2.35. The van der Waals surface area contributed by atoms with Crippen molar-refractivity contribution in [3.8, 4) is 5.75 Å². The Morgan fingerprint density at radius 3 is 2.62 bits per heavy atom. The van der Waals surface area contributed by atoms with Crippen molar-refractivity contribution in [1.29, 1.82) is 0 Å². The van der Waals surface area contributed by atoms with E-state index in [1.807, 2.05) is 50.2 Å². The molecule has 2 atom stereocenters. The van der Waals surface area contributed by atoms with Gasteiger partial charge in [-0.2, -0.15) is 0 Å². The van der Waals surface area contributed by atoms with Gasteiger partial charge in [0.2, 0.25) is 5.91 Å². The van der Waals surface area contributed by atoms with Gasteiger partial charge in [0.15, 0.2) is 6.10 Å².